The molecular weight excluding hydrogens is 296 g/mol. The maximum Gasteiger partial charge on any atom is 0.238 e. The Morgan fingerprint density at radius 3 is 2.90 bits per heavy atom. The molecule has 2 aliphatic heterocycles. The first kappa shape index (κ1) is 13.8. The lowest BCUT2D eigenvalue weighted by Crippen LogP contribution is -2.36. The summed E-state index contributed by atoms with van der Waals surface area (Å²) < 4.78 is 0. The van der Waals surface area contributed by atoms with Gasteiger partial charge in [-0.1, -0.05) is 11.6 Å². The number of hydrogen-bond donors (Lipinski definition) is 1. The lowest BCUT2D eigenvalue weighted by Gasteiger charge is -2.25. The van der Waals surface area contributed by atoms with Crippen molar-refractivity contribution in [3.63, 3.8) is 0 Å². The molecule has 2 amide bonds. The first-order valence-electron chi connectivity index (χ1n) is 6.68. The van der Waals surface area contributed by atoms with Crippen LogP contribution in [0.25, 0.3) is 0 Å². The number of amides is 2. The summed E-state index contributed by atoms with van der Waals surface area (Å²) in [5.41, 5.74) is 0.734. The lowest BCUT2D eigenvalue weighted by atomic mass is 10.2. The highest BCUT2D eigenvalue weighted by Crippen LogP contribution is 2.38. The smallest absolute Gasteiger partial charge is 0.238 e. The summed E-state index contributed by atoms with van der Waals surface area (Å²) >= 11 is 7.35. The SMILES string of the molecule is O=C1Nc2cc(Cl)ccc2S[C@H]1CC(=O)N1CCCC1. The van der Waals surface area contributed by atoms with Crippen LogP contribution in [0.5, 0.6) is 0 Å². The van der Waals surface area contributed by atoms with Gasteiger partial charge >= 0.3 is 0 Å². The Bertz CT molecular complexity index is 558. The Morgan fingerprint density at radius 2 is 2.15 bits per heavy atom. The largest absolute Gasteiger partial charge is 0.343 e. The van der Waals surface area contributed by atoms with Gasteiger partial charge in [-0.15, -0.1) is 11.8 Å². The standard InChI is InChI=1S/C14H15ClN2O2S/c15-9-3-4-11-10(7-9)16-14(19)12(20-11)8-13(18)17-5-1-2-6-17/h3-4,7,12H,1-2,5-6,8H2,(H,16,19)/t12-/m0/s1. The zero-order chi connectivity index (χ0) is 14.1. The Labute approximate surface area is 126 Å². The van der Waals surface area contributed by atoms with Crippen molar-refractivity contribution in [2.45, 2.75) is 29.4 Å². The Hall–Kier alpha value is -1.20. The van der Waals surface area contributed by atoms with Crippen molar-refractivity contribution in [2.75, 3.05) is 18.4 Å². The van der Waals surface area contributed by atoms with Gasteiger partial charge in [0.15, 0.2) is 0 Å². The van der Waals surface area contributed by atoms with Crippen LogP contribution in [-0.2, 0) is 9.59 Å². The topological polar surface area (TPSA) is 49.4 Å². The third kappa shape index (κ3) is 2.79. The minimum absolute atomic E-state index is 0.0764. The third-order valence-electron chi connectivity index (χ3n) is 3.58. The molecule has 4 nitrogen and oxygen atoms in total. The molecule has 1 aromatic carbocycles. The molecular formula is C14H15ClN2O2S. The van der Waals surface area contributed by atoms with Crippen molar-refractivity contribution in [3.8, 4) is 0 Å². The number of nitrogens with one attached hydrogen (secondary N) is 1. The zero-order valence-electron chi connectivity index (χ0n) is 10.9. The van der Waals surface area contributed by atoms with Crippen molar-refractivity contribution in [3.05, 3.63) is 23.2 Å². The maximum atomic E-state index is 12.1. The molecule has 2 aliphatic rings. The fraction of sp³-hybridized carbons (Fsp3) is 0.429. The molecule has 3 rings (SSSR count). The summed E-state index contributed by atoms with van der Waals surface area (Å²) in [5, 5.41) is 3.08. The fourth-order valence-corrected chi connectivity index (χ4v) is 3.77. The van der Waals surface area contributed by atoms with Gasteiger partial charge in [0.2, 0.25) is 11.8 Å². The van der Waals surface area contributed by atoms with Gasteiger partial charge in [-0.3, -0.25) is 9.59 Å². The van der Waals surface area contributed by atoms with Gasteiger partial charge in [0.25, 0.3) is 0 Å². The highest BCUT2D eigenvalue weighted by molar-refractivity contribution is 8.01. The summed E-state index contributed by atoms with van der Waals surface area (Å²) in [7, 11) is 0. The average Bonchev–Trinajstić information content (AvgIpc) is 2.94. The van der Waals surface area contributed by atoms with E-state index < -0.39 is 0 Å². The summed E-state index contributed by atoms with van der Waals surface area (Å²) in [6, 6.07) is 5.42. The van der Waals surface area contributed by atoms with Crippen LogP contribution in [0.1, 0.15) is 19.3 Å². The van der Waals surface area contributed by atoms with Crippen LogP contribution in [0.2, 0.25) is 5.02 Å². The van der Waals surface area contributed by atoms with Crippen LogP contribution in [-0.4, -0.2) is 35.1 Å². The monoisotopic (exact) mass is 310 g/mol. The van der Waals surface area contributed by atoms with Crippen molar-refractivity contribution in [1.82, 2.24) is 4.90 Å². The van der Waals surface area contributed by atoms with Crippen LogP contribution in [0.4, 0.5) is 5.69 Å². The second-order valence-corrected chi connectivity index (χ2v) is 6.71. The number of likely N-dealkylation sites (tertiary alicyclic amines) is 1. The second-order valence-electron chi connectivity index (χ2n) is 5.03. The zero-order valence-corrected chi connectivity index (χ0v) is 12.5. The molecule has 0 unspecified atom stereocenters. The number of benzene rings is 1. The van der Waals surface area contributed by atoms with E-state index >= 15 is 0 Å². The molecule has 1 atom stereocenters. The van der Waals surface area contributed by atoms with Crippen molar-refractivity contribution >= 4 is 40.9 Å². The lowest BCUT2D eigenvalue weighted by molar-refractivity contribution is -0.131. The van der Waals surface area contributed by atoms with E-state index in [1.54, 1.807) is 12.1 Å². The normalized spacial score (nSPS) is 21.6. The predicted octanol–water partition coefficient (Wildman–Crippen LogP) is 2.77. The molecule has 0 radical (unpaired) electrons. The fourth-order valence-electron chi connectivity index (χ4n) is 2.51. The van der Waals surface area contributed by atoms with E-state index in [9.17, 15) is 9.59 Å². The molecule has 0 saturated carbocycles. The molecule has 0 bridgehead atoms. The Balaban J connectivity index is 1.70. The Morgan fingerprint density at radius 1 is 1.40 bits per heavy atom. The molecule has 1 aromatic rings. The highest BCUT2D eigenvalue weighted by atomic mass is 35.5. The number of fused-ring (bicyclic) bond motifs is 1. The molecule has 2 heterocycles. The van der Waals surface area contributed by atoms with E-state index in [4.69, 9.17) is 11.6 Å². The number of nitrogens with zero attached hydrogens (tertiary/aromatic N) is 1. The van der Waals surface area contributed by atoms with Crippen LogP contribution in [0.15, 0.2) is 23.1 Å². The number of halogens is 1. The van der Waals surface area contributed by atoms with Crippen LogP contribution >= 0.6 is 23.4 Å². The minimum Gasteiger partial charge on any atom is -0.343 e. The molecule has 106 valence electrons. The van der Waals surface area contributed by atoms with E-state index in [1.807, 2.05) is 11.0 Å². The molecule has 0 aromatic heterocycles. The van der Waals surface area contributed by atoms with E-state index in [0.29, 0.717) is 5.02 Å². The van der Waals surface area contributed by atoms with Gasteiger partial charge in [0.1, 0.15) is 0 Å². The van der Waals surface area contributed by atoms with E-state index in [-0.39, 0.29) is 23.5 Å². The predicted molar refractivity (Wildman–Crippen MR) is 80.2 cm³/mol. The number of thioether (sulfide) groups is 1. The van der Waals surface area contributed by atoms with Gasteiger partial charge < -0.3 is 10.2 Å². The number of hydrogen-bond acceptors (Lipinski definition) is 3. The average molecular weight is 311 g/mol. The molecule has 0 spiro atoms. The molecule has 6 heteroatoms. The quantitative estimate of drug-likeness (QED) is 0.914. The number of carbonyl (C=O) groups excluding carboxylic acids is 2. The first-order valence-corrected chi connectivity index (χ1v) is 7.94. The molecule has 0 aliphatic carbocycles. The summed E-state index contributed by atoms with van der Waals surface area (Å²) in [5.74, 6) is -0.0372. The number of carbonyl (C=O) groups is 2. The van der Waals surface area contributed by atoms with Gasteiger partial charge in [-0.2, -0.15) is 0 Å². The molecule has 20 heavy (non-hydrogen) atoms. The van der Waals surface area contributed by atoms with Gasteiger partial charge in [-0.25, -0.2) is 0 Å². The van der Waals surface area contributed by atoms with Crippen LogP contribution in [0.3, 0.4) is 0 Å². The number of rotatable bonds is 2. The highest BCUT2D eigenvalue weighted by Gasteiger charge is 2.31. The molecule has 1 N–H and O–H groups in total. The molecule has 1 fully saturated rings. The van der Waals surface area contributed by atoms with Crippen molar-refractivity contribution in [2.24, 2.45) is 0 Å². The Kier molecular flexibility index (Phi) is 3.89. The van der Waals surface area contributed by atoms with E-state index in [2.05, 4.69) is 5.32 Å². The van der Waals surface area contributed by atoms with Gasteiger partial charge in [-0.05, 0) is 31.0 Å². The molecule has 1 saturated heterocycles. The summed E-state index contributed by atoms with van der Waals surface area (Å²) in [6.07, 6.45) is 2.40. The van der Waals surface area contributed by atoms with E-state index in [0.717, 1.165) is 36.5 Å². The number of anilines is 1. The van der Waals surface area contributed by atoms with Gasteiger partial charge in [0, 0.05) is 29.4 Å². The minimum atomic E-state index is -0.350. The van der Waals surface area contributed by atoms with Crippen molar-refractivity contribution < 1.29 is 9.59 Å². The summed E-state index contributed by atoms with van der Waals surface area (Å²) in [4.78, 5) is 27.0. The van der Waals surface area contributed by atoms with Crippen LogP contribution in [0, 0.1) is 0 Å². The van der Waals surface area contributed by atoms with E-state index in [1.165, 1.54) is 11.8 Å². The summed E-state index contributed by atoms with van der Waals surface area (Å²) in [6.45, 7) is 1.65. The first-order chi connectivity index (χ1) is 9.63. The van der Waals surface area contributed by atoms with Crippen molar-refractivity contribution in [1.29, 1.82) is 0 Å². The van der Waals surface area contributed by atoms with Gasteiger partial charge in [0.05, 0.1) is 10.9 Å². The maximum absolute atomic E-state index is 12.1. The second kappa shape index (κ2) is 5.66. The third-order valence-corrected chi connectivity index (χ3v) is 5.09. The van der Waals surface area contributed by atoms with Crippen LogP contribution < -0.4 is 5.32 Å².